The second-order valence-corrected chi connectivity index (χ2v) is 5.60. The minimum absolute atomic E-state index is 0.138. The fraction of sp³-hybridized carbons (Fsp3) is 0.235. The van der Waals surface area contributed by atoms with Crippen LogP contribution in [0.15, 0.2) is 42.9 Å². The van der Waals surface area contributed by atoms with Gasteiger partial charge in [0.1, 0.15) is 11.3 Å². The number of hydrogen-bond donors (Lipinski definition) is 1. The van der Waals surface area contributed by atoms with Crippen molar-refractivity contribution in [3.63, 3.8) is 0 Å². The molecule has 25 heavy (non-hydrogen) atoms. The van der Waals surface area contributed by atoms with E-state index in [-0.39, 0.29) is 18.0 Å². The lowest BCUT2D eigenvalue weighted by atomic mass is 10.1. The third kappa shape index (κ3) is 4.10. The molecular weight excluding hydrogens is 327 g/mol. The molecule has 0 radical (unpaired) electrons. The molecule has 1 N–H and O–H groups in total. The molecule has 8 heteroatoms. The molecule has 3 aromatic rings. The predicted octanol–water partition coefficient (Wildman–Crippen LogP) is 2.16. The Morgan fingerprint density at radius 2 is 1.80 bits per heavy atom. The molecule has 0 fully saturated rings. The molecule has 130 valence electrons. The predicted molar refractivity (Wildman–Crippen MR) is 86.7 cm³/mol. The zero-order valence-corrected chi connectivity index (χ0v) is 13.6. The lowest BCUT2D eigenvalue weighted by Gasteiger charge is -2.05. The largest absolute Gasteiger partial charge is 0.478 e. The Balaban J connectivity index is 1.71. The monoisotopic (exact) mass is 344 g/mol. The van der Waals surface area contributed by atoms with E-state index in [4.69, 9.17) is 4.74 Å². The van der Waals surface area contributed by atoms with Crippen LogP contribution in [0.4, 0.5) is 4.39 Å². The van der Waals surface area contributed by atoms with Gasteiger partial charge in [0, 0.05) is 13.3 Å². The van der Waals surface area contributed by atoms with E-state index in [0.29, 0.717) is 18.8 Å². The molecule has 1 aromatic carbocycles. The minimum atomic E-state index is -1.03. The first-order valence-corrected chi connectivity index (χ1v) is 7.59. The number of ether oxygens (including phenoxy) is 1. The number of carbonyl (C=O) groups is 1. The van der Waals surface area contributed by atoms with Crippen LogP contribution in [0.1, 0.15) is 27.2 Å². The quantitative estimate of drug-likeness (QED) is 0.710. The molecular formula is C17H17FN4O3. The van der Waals surface area contributed by atoms with Crippen molar-refractivity contribution in [1.82, 2.24) is 19.6 Å². The number of aromatic nitrogens is 4. The summed E-state index contributed by atoms with van der Waals surface area (Å²) < 4.78 is 21.0. The number of carboxylic acid groups (broad SMARTS) is 1. The Kier molecular flexibility index (Phi) is 4.90. The highest BCUT2D eigenvalue weighted by Gasteiger charge is 2.15. The van der Waals surface area contributed by atoms with Gasteiger partial charge < -0.3 is 9.84 Å². The number of halogens is 1. The van der Waals surface area contributed by atoms with Crippen LogP contribution in [0, 0.1) is 5.82 Å². The molecule has 0 atom stereocenters. The van der Waals surface area contributed by atoms with Crippen molar-refractivity contribution in [3.8, 4) is 0 Å². The Bertz CT molecular complexity index is 870. The molecule has 0 aliphatic carbocycles. The molecule has 0 unspecified atom stereocenters. The van der Waals surface area contributed by atoms with E-state index in [1.165, 1.54) is 30.4 Å². The number of nitrogens with zero attached hydrogens (tertiary/aromatic N) is 4. The second-order valence-electron chi connectivity index (χ2n) is 5.60. The number of carboxylic acids is 1. The zero-order valence-electron chi connectivity index (χ0n) is 13.6. The van der Waals surface area contributed by atoms with Crippen LogP contribution in [-0.2, 0) is 24.4 Å². The average Bonchev–Trinajstić information content (AvgIpc) is 3.16. The topological polar surface area (TPSA) is 82.2 Å². The zero-order chi connectivity index (χ0) is 17.8. The molecule has 7 nitrogen and oxygen atoms in total. The third-order valence-electron chi connectivity index (χ3n) is 3.66. The first-order valence-electron chi connectivity index (χ1n) is 7.59. The van der Waals surface area contributed by atoms with E-state index < -0.39 is 5.97 Å². The maximum Gasteiger partial charge on any atom is 0.339 e. The summed E-state index contributed by atoms with van der Waals surface area (Å²) in [6.07, 6.45) is 4.00. The van der Waals surface area contributed by atoms with Crippen LogP contribution in [0.2, 0.25) is 0 Å². The molecule has 2 aromatic heterocycles. The van der Waals surface area contributed by atoms with Gasteiger partial charge in [-0.3, -0.25) is 9.36 Å². The van der Waals surface area contributed by atoms with E-state index in [9.17, 15) is 14.3 Å². The normalized spacial score (nSPS) is 11.0. The number of methoxy groups -OCH3 is 1. The smallest absolute Gasteiger partial charge is 0.339 e. The maximum absolute atomic E-state index is 12.9. The number of benzene rings is 1. The summed E-state index contributed by atoms with van der Waals surface area (Å²) in [7, 11) is 1.49. The SMILES string of the molecule is COCc1nn(Cc2ccc(Cn3cc(F)cn3)cc2)cc1C(=O)O. The molecule has 0 amide bonds. The Hall–Kier alpha value is -3.00. The fourth-order valence-corrected chi connectivity index (χ4v) is 2.51. The first-order chi connectivity index (χ1) is 12.0. The lowest BCUT2D eigenvalue weighted by molar-refractivity contribution is 0.0691. The van der Waals surface area contributed by atoms with Gasteiger partial charge in [-0.15, -0.1) is 0 Å². The second kappa shape index (κ2) is 7.27. The Morgan fingerprint density at radius 1 is 1.16 bits per heavy atom. The van der Waals surface area contributed by atoms with E-state index in [0.717, 1.165) is 11.1 Å². The molecule has 2 heterocycles. The number of aromatic carboxylic acids is 1. The van der Waals surface area contributed by atoms with Gasteiger partial charge in [-0.25, -0.2) is 9.18 Å². The van der Waals surface area contributed by atoms with Gasteiger partial charge in [-0.05, 0) is 11.1 Å². The van der Waals surface area contributed by atoms with Crippen LogP contribution in [0.3, 0.4) is 0 Å². The summed E-state index contributed by atoms with van der Waals surface area (Å²) in [6.45, 7) is 1.07. The highest BCUT2D eigenvalue weighted by atomic mass is 19.1. The molecule has 0 spiro atoms. The highest BCUT2D eigenvalue weighted by molar-refractivity contribution is 5.88. The molecule has 0 saturated carbocycles. The summed E-state index contributed by atoms with van der Waals surface area (Å²) in [5.74, 6) is -1.39. The summed E-state index contributed by atoms with van der Waals surface area (Å²) in [5, 5.41) is 17.4. The minimum Gasteiger partial charge on any atom is -0.478 e. The van der Waals surface area contributed by atoms with Crippen LogP contribution >= 0.6 is 0 Å². The van der Waals surface area contributed by atoms with E-state index in [1.54, 1.807) is 4.68 Å². The van der Waals surface area contributed by atoms with Gasteiger partial charge in [0.05, 0.1) is 32.1 Å². The molecule has 0 bridgehead atoms. The maximum atomic E-state index is 12.9. The Labute approximate surface area is 143 Å². The van der Waals surface area contributed by atoms with E-state index >= 15 is 0 Å². The average molecular weight is 344 g/mol. The fourth-order valence-electron chi connectivity index (χ4n) is 2.51. The molecule has 0 aliphatic heterocycles. The highest BCUT2D eigenvalue weighted by Crippen LogP contribution is 2.12. The first kappa shape index (κ1) is 16.8. The Morgan fingerprint density at radius 3 is 2.32 bits per heavy atom. The van der Waals surface area contributed by atoms with Crippen LogP contribution in [0.25, 0.3) is 0 Å². The van der Waals surface area contributed by atoms with Crippen molar-refractivity contribution in [2.45, 2.75) is 19.7 Å². The molecule has 0 saturated heterocycles. The summed E-state index contributed by atoms with van der Waals surface area (Å²) in [6, 6.07) is 7.69. The van der Waals surface area contributed by atoms with Crippen molar-refractivity contribution in [1.29, 1.82) is 0 Å². The van der Waals surface area contributed by atoms with Gasteiger partial charge in [0.15, 0.2) is 5.82 Å². The molecule has 3 rings (SSSR count). The van der Waals surface area contributed by atoms with Gasteiger partial charge in [-0.2, -0.15) is 10.2 Å². The number of hydrogen-bond acceptors (Lipinski definition) is 4. The van der Waals surface area contributed by atoms with Crippen molar-refractivity contribution in [2.24, 2.45) is 0 Å². The van der Waals surface area contributed by atoms with Crippen LogP contribution in [-0.4, -0.2) is 37.7 Å². The van der Waals surface area contributed by atoms with Gasteiger partial charge in [0.2, 0.25) is 0 Å². The van der Waals surface area contributed by atoms with Crippen molar-refractivity contribution < 1.29 is 19.0 Å². The number of rotatable bonds is 7. The standard InChI is InChI=1S/C17H17FN4O3/c1-25-11-16-15(17(23)24)10-22(20-16)8-13-4-2-12(3-5-13)7-21-9-14(18)6-19-21/h2-6,9-10H,7-8,11H2,1H3,(H,23,24). The lowest BCUT2D eigenvalue weighted by Crippen LogP contribution is -2.03. The third-order valence-corrected chi connectivity index (χ3v) is 3.66. The van der Waals surface area contributed by atoms with Gasteiger partial charge in [0.25, 0.3) is 0 Å². The van der Waals surface area contributed by atoms with Gasteiger partial charge in [-0.1, -0.05) is 24.3 Å². The summed E-state index contributed by atoms with van der Waals surface area (Å²) >= 11 is 0. The molecule has 0 aliphatic rings. The summed E-state index contributed by atoms with van der Waals surface area (Å²) in [5.41, 5.74) is 2.49. The van der Waals surface area contributed by atoms with Gasteiger partial charge >= 0.3 is 5.97 Å². The summed E-state index contributed by atoms with van der Waals surface area (Å²) in [4.78, 5) is 11.2. The van der Waals surface area contributed by atoms with E-state index in [2.05, 4.69) is 10.2 Å². The van der Waals surface area contributed by atoms with Crippen molar-refractivity contribution >= 4 is 5.97 Å². The van der Waals surface area contributed by atoms with Crippen molar-refractivity contribution in [3.05, 3.63) is 71.1 Å². The van der Waals surface area contributed by atoms with E-state index in [1.807, 2.05) is 24.3 Å². The van der Waals surface area contributed by atoms with Crippen LogP contribution in [0.5, 0.6) is 0 Å². The van der Waals surface area contributed by atoms with Crippen molar-refractivity contribution in [2.75, 3.05) is 7.11 Å². The van der Waals surface area contributed by atoms with Crippen LogP contribution < -0.4 is 0 Å².